The Hall–Kier alpha value is -1.52. The molecule has 16 heavy (non-hydrogen) atoms. The van der Waals surface area contributed by atoms with Crippen LogP contribution in [0.25, 0.3) is 22.2 Å². The molecule has 1 aromatic carbocycles. The number of hydrogen-bond donors (Lipinski definition) is 2. The molecule has 2 aromatic heterocycles. The SMILES string of the molecule is Nc1nc(-c2c[nH]c3cc(Cl)ccc23)cs1. The molecule has 2 heterocycles. The first kappa shape index (κ1) is 9.69. The Balaban J connectivity index is 2.25. The lowest BCUT2D eigenvalue weighted by atomic mass is 10.1. The molecule has 5 heteroatoms. The lowest BCUT2D eigenvalue weighted by Gasteiger charge is -1.94. The first-order valence-corrected chi connectivity index (χ1v) is 5.98. The van der Waals surface area contributed by atoms with Crippen molar-refractivity contribution in [2.24, 2.45) is 0 Å². The molecule has 80 valence electrons. The summed E-state index contributed by atoms with van der Waals surface area (Å²) in [6.45, 7) is 0. The Labute approximate surface area is 101 Å². The van der Waals surface area contributed by atoms with Crippen LogP contribution in [-0.4, -0.2) is 9.97 Å². The first-order valence-electron chi connectivity index (χ1n) is 4.72. The number of nitrogens with one attached hydrogen (secondary N) is 1. The number of H-pyrrole nitrogens is 1. The van der Waals surface area contributed by atoms with Crippen molar-refractivity contribution < 1.29 is 0 Å². The van der Waals surface area contributed by atoms with Gasteiger partial charge in [0.05, 0.1) is 5.69 Å². The van der Waals surface area contributed by atoms with Crippen molar-refractivity contribution in [2.45, 2.75) is 0 Å². The van der Waals surface area contributed by atoms with E-state index in [1.165, 1.54) is 11.3 Å². The minimum absolute atomic E-state index is 0.582. The zero-order chi connectivity index (χ0) is 11.1. The van der Waals surface area contributed by atoms with Crippen LogP contribution in [0.5, 0.6) is 0 Å². The number of rotatable bonds is 1. The van der Waals surface area contributed by atoms with Crippen LogP contribution in [0.2, 0.25) is 5.02 Å². The molecule has 0 fully saturated rings. The normalized spacial score (nSPS) is 11.1. The number of aromatic amines is 1. The number of hydrogen-bond acceptors (Lipinski definition) is 3. The molecule has 0 unspecified atom stereocenters. The van der Waals surface area contributed by atoms with Crippen molar-refractivity contribution >= 4 is 39.0 Å². The number of nitrogens with two attached hydrogens (primary N) is 1. The van der Waals surface area contributed by atoms with E-state index in [1.54, 1.807) is 0 Å². The van der Waals surface area contributed by atoms with E-state index in [-0.39, 0.29) is 0 Å². The van der Waals surface area contributed by atoms with Gasteiger partial charge in [-0.15, -0.1) is 11.3 Å². The van der Waals surface area contributed by atoms with Gasteiger partial charge in [0.1, 0.15) is 0 Å². The van der Waals surface area contributed by atoms with Crippen molar-refractivity contribution in [3.8, 4) is 11.3 Å². The molecule has 3 aromatic rings. The monoisotopic (exact) mass is 249 g/mol. The number of fused-ring (bicyclic) bond motifs is 1. The fourth-order valence-corrected chi connectivity index (χ4v) is 2.46. The predicted octanol–water partition coefficient (Wildman–Crippen LogP) is 3.53. The van der Waals surface area contributed by atoms with Gasteiger partial charge in [-0.25, -0.2) is 4.98 Å². The summed E-state index contributed by atoms with van der Waals surface area (Å²) in [5.41, 5.74) is 8.59. The second-order valence-corrected chi connectivity index (χ2v) is 4.79. The van der Waals surface area contributed by atoms with E-state index in [4.69, 9.17) is 17.3 Å². The van der Waals surface area contributed by atoms with Gasteiger partial charge in [0.25, 0.3) is 0 Å². The van der Waals surface area contributed by atoms with E-state index >= 15 is 0 Å². The third-order valence-electron chi connectivity index (χ3n) is 2.44. The van der Waals surface area contributed by atoms with Gasteiger partial charge >= 0.3 is 0 Å². The van der Waals surface area contributed by atoms with Crippen LogP contribution in [0.15, 0.2) is 29.8 Å². The van der Waals surface area contributed by atoms with E-state index in [2.05, 4.69) is 9.97 Å². The molecule has 0 saturated heterocycles. The Morgan fingerprint density at radius 3 is 3.00 bits per heavy atom. The molecule has 0 amide bonds. The van der Waals surface area contributed by atoms with Crippen molar-refractivity contribution in [1.82, 2.24) is 9.97 Å². The molecule has 0 bridgehead atoms. The number of thiazole rings is 1. The molecule has 3 N–H and O–H groups in total. The fourth-order valence-electron chi connectivity index (χ4n) is 1.72. The lowest BCUT2D eigenvalue weighted by molar-refractivity contribution is 1.41. The summed E-state index contributed by atoms with van der Waals surface area (Å²) >= 11 is 7.37. The summed E-state index contributed by atoms with van der Waals surface area (Å²) in [7, 11) is 0. The number of benzene rings is 1. The predicted molar refractivity (Wildman–Crippen MR) is 68.8 cm³/mol. The van der Waals surface area contributed by atoms with Gasteiger partial charge < -0.3 is 10.7 Å². The summed E-state index contributed by atoms with van der Waals surface area (Å²) in [5.74, 6) is 0. The van der Waals surface area contributed by atoms with Crippen molar-refractivity contribution in [1.29, 1.82) is 0 Å². The number of anilines is 1. The largest absolute Gasteiger partial charge is 0.375 e. The highest BCUT2D eigenvalue weighted by atomic mass is 35.5. The van der Waals surface area contributed by atoms with E-state index in [0.29, 0.717) is 5.13 Å². The fraction of sp³-hybridized carbons (Fsp3) is 0. The number of nitrogens with zero attached hydrogens (tertiary/aromatic N) is 1. The van der Waals surface area contributed by atoms with Gasteiger partial charge in [0.2, 0.25) is 0 Å². The Morgan fingerprint density at radius 1 is 1.38 bits per heavy atom. The average molecular weight is 250 g/mol. The van der Waals surface area contributed by atoms with Crippen molar-refractivity contribution in [2.75, 3.05) is 5.73 Å². The van der Waals surface area contributed by atoms with Crippen LogP contribution in [0.3, 0.4) is 0 Å². The Kier molecular flexibility index (Phi) is 2.12. The van der Waals surface area contributed by atoms with E-state index in [1.807, 2.05) is 29.8 Å². The van der Waals surface area contributed by atoms with Gasteiger partial charge in [-0.1, -0.05) is 17.7 Å². The van der Waals surface area contributed by atoms with Gasteiger partial charge in [-0.3, -0.25) is 0 Å². The molecule has 0 atom stereocenters. The van der Waals surface area contributed by atoms with Crippen LogP contribution < -0.4 is 5.73 Å². The van der Waals surface area contributed by atoms with Crippen LogP contribution in [0, 0.1) is 0 Å². The van der Waals surface area contributed by atoms with Crippen LogP contribution in [-0.2, 0) is 0 Å². The minimum atomic E-state index is 0.582. The molecule has 0 aliphatic heterocycles. The molecule has 0 radical (unpaired) electrons. The molecule has 0 spiro atoms. The maximum atomic E-state index is 5.92. The number of nitrogen functional groups attached to an aromatic ring is 1. The Bertz CT molecular complexity index is 656. The number of aromatic nitrogens is 2. The average Bonchev–Trinajstić information content (AvgIpc) is 2.83. The number of halogens is 1. The maximum Gasteiger partial charge on any atom is 0.180 e. The topological polar surface area (TPSA) is 54.7 Å². The van der Waals surface area contributed by atoms with E-state index in [0.717, 1.165) is 27.2 Å². The molecule has 0 saturated carbocycles. The highest BCUT2D eigenvalue weighted by Crippen LogP contribution is 2.31. The summed E-state index contributed by atoms with van der Waals surface area (Å²) in [6.07, 6.45) is 1.93. The third-order valence-corrected chi connectivity index (χ3v) is 3.35. The zero-order valence-electron chi connectivity index (χ0n) is 8.20. The minimum Gasteiger partial charge on any atom is -0.375 e. The van der Waals surface area contributed by atoms with Crippen molar-refractivity contribution in [3.63, 3.8) is 0 Å². The van der Waals surface area contributed by atoms with Crippen LogP contribution in [0.4, 0.5) is 5.13 Å². The highest BCUT2D eigenvalue weighted by Gasteiger charge is 2.08. The smallest absolute Gasteiger partial charge is 0.180 e. The second-order valence-electron chi connectivity index (χ2n) is 3.46. The van der Waals surface area contributed by atoms with Gasteiger partial charge in [0, 0.05) is 33.1 Å². The van der Waals surface area contributed by atoms with Crippen LogP contribution in [0.1, 0.15) is 0 Å². The van der Waals surface area contributed by atoms with Crippen LogP contribution >= 0.6 is 22.9 Å². The standard InChI is InChI=1S/C11H8ClN3S/c12-6-1-2-7-8(4-14-9(7)3-6)10-5-16-11(13)15-10/h1-5,14H,(H2,13,15). The van der Waals surface area contributed by atoms with Crippen molar-refractivity contribution in [3.05, 3.63) is 34.8 Å². The summed E-state index contributed by atoms with van der Waals surface area (Å²) in [4.78, 5) is 7.45. The van der Waals surface area contributed by atoms with Gasteiger partial charge in [0.15, 0.2) is 5.13 Å². The lowest BCUT2D eigenvalue weighted by Crippen LogP contribution is -1.81. The molecule has 0 aliphatic rings. The van der Waals surface area contributed by atoms with E-state index < -0.39 is 0 Å². The quantitative estimate of drug-likeness (QED) is 0.693. The summed E-state index contributed by atoms with van der Waals surface area (Å²) in [5, 5.41) is 4.36. The van der Waals surface area contributed by atoms with Gasteiger partial charge in [-0.05, 0) is 12.1 Å². The summed E-state index contributed by atoms with van der Waals surface area (Å²) < 4.78 is 0. The molecular formula is C11H8ClN3S. The zero-order valence-corrected chi connectivity index (χ0v) is 9.77. The highest BCUT2D eigenvalue weighted by molar-refractivity contribution is 7.13. The molecule has 0 aliphatic carbocycles. The second kappa shape index (κ2) is 3.50. The molecular weight excluding hydrogens is 242 g/mol. The maximum absolute atomic E-state index is 5.92. The first-order chi connectivity index (χ1) is 7.74. The molecule has 3 nitrogen and oxygen atoms in total. The van der Waals surface area contributed by atoms with E-state index in [9.17, 15) is 0 Å². The summed E-state index contributed by atoms with van der Waals surface area (Å²) in [6, 6.07) is 5.76. The third kappa shape index (κ3) is 1.47. The Morgan fingerprint density at radius 2 is 2.25 bits per heavy atom. The molecule has 3 rings (SSSR count). The van der Waals surface area contributed by atoms with Gasteiger partial charge in [-0.2, -0.15) is 0 Å².